The van der Waals surface area contributed by atoms with Gasteiger partial charge in [-0.25, -0.2) is 0 Å². The Hall–Kier alpha value is -1.26. The number of carbonyl (C=O) groups excluding carboxylic acids is 1. The third-order valence-corrected chi connectivity index (χ3v) is 4.81. The molecule has 21 heavy (non-hydrogen) atoms. The van der Waals surface area contributed by atoms with E-state index in [-0.39, 0.29) is 12.5 Å². The Morgan fingerprint density at radius 3 is 2.62 bits per heavy atom. The van der Waals surface area contributed by atoms with Crippen molar-refractivity contribution in [3.05, 3.63) is 48.0 Å². The maximum absolute atomic E-state index is 12.0. The van der Waals surface area contributed by atoms with Gasteiger partial charge in [-0.15, -0.1) is 0 Å². The van der Waals surface area contributed by atoms with Crippen molar-refractivity contribution in [3.8, 4) is 0 Å². The predicted molar refractivity (Wildman–Crippen MR) is 88.4 cm³/mol. The van der Waals surface area contributed by atoms with Crippen molar-refractivity contribution >= 4 is 17.7 Å². The summed E-state index contributed by atoms with van der Waals surface area (Å²) in [6, 6.07) is 10.2. The number of benzene rings is 1. The number of hydrogen-bond acceptors (Lipinski definition) is 3. The number of thioether (sulfide) groups is 1. The lowest BCUT2D eigenvalue weighted by Gasteiger charge is -2.36. The molecule has 114 valence electrons. The largest absolute Gasteiger partial charge is 0.394 e. The molecule has 1 amide bonds. The lowest BCUT2D eigenvalue weighted by molar-refractivity contribution is -0.122. The smallest absolute Gasteiger partial charge is 0.224 e. The normalized spacial score (nSPS) is 17.8. The van der Waals surface area contributed by atoms with Gasteiger partial charge in [0, 0.05) is 6.42 Å². The summed E-state index contributed by atoms with van der Waals surface area (Å²) in [6.07, 6.45) is 6.86. The van der Waals surface area contributed by atoms with Gasteiger partial charge < -0.3 is 10.4 Å². The molecule has 1 aliphatic heterocycles. The van der Waals surface area contributed by atoms with Crippen LogP contribution in [0.2, 0.25) is 0 Å². The molecule has 0 spiro atoms. The molecule has 0 radical (unpaired) electrons. The molecule has 4 heteroatoms. The highest BCUT2D eigenvalue weighted by atomic mass is 32.2. The first-order valence-electron chi connectivity index (χ1n) is 7.43. The van der Waals surface area contributed by atoms with Crippen LogP contribution in [0.1, 0.15) is 24.8 Å². The number of allylic oxidation sites excluding steroid dienone is 1. The monoisotopic (exact) mass is 305 g/mol. The molecule has 0 bridgehead atoms. The highest BCUT2D eigenvalue weighted by molar-refractivity contribution is 7.99. The third-order valence-electron chi connectivity index (χ3n) is 3.82. The van der Waals surface area contributed by atoms with E-state index in [0.717, 1.165) is 30.8 Å². The molecule has 0 unspecified atom stereocenters. The summed E-state index contributed by atoms with van der Waals surface area (Å²) in [5.41, 5.74) is 0.848. The van der Waals surface area contributed by atoms with Gasteiger partial charge >= 0.3 is 0 Å². The quantitative estimate of drug-likeness (QED) is 0.794. The minimum Gasteiger partial charge on any atom is -0.394 e. The standard InChI is InChI=1S/C17H23NO2S/c19-14-17(10-12-21-13-11-17)18-16(20)9-5-4-8-15-6-2-1-3-7-15/h1-7,19H,8-14H2,(H,18,20)/b5-4+. The van der Waals surface area contributed by atoms with Crippen LogP contribution in [0, 0.1) is 0 Å². The number of amides is 1. The zero-order chi connectivity index (χ0) is 15.0. The summed E-state index contributed by atoms with van der Waals surface area (Å²) in [4.78, 5) is 12.0. The first kappa shape index (κ1) is 16.1. The minimum absolute atomic E-state index is 0.000242. The SMILES string of the molecule is O=C(C/C=C/Cc1ccccc1)NC1(CO)CCSCC1. The summed E-state index contributed by atoms with van der Waals surface area (Å²) in [5.74, 6) is 2.01. The molecule has 1 saturated heterocycles. The fourth-order valence-corrected chi connectivity index (χ4v) is 3.73. The average Bonchev–Trinajstić information content (AvgIpc) is 2.53. The Bertz CT molecular complexity index is 467. The second kappa shape index (κ2) is 8.25. The Morgan fingerprint density at radius 1 is 1.24 bits per heavy atom. The van der Waals surface area contributed by atoms with Crippen LogP contribution < -0.4 is 5.32 Å². The van der Waals surface area contributed by atoms with E-state index in [9.17, 15) is 9.90 Å². The van der Waals surface area contributed by atoms with Gasteiger partial charge in [0.25, 0.3) is 0 Å². The van der Waals surface area contributed by atoms with Crippen LogP contribution in [-0.2, 0) is 11.2 Å². The van der Waals surface area contributed by atoms with E-state index < -0.39 is 5.54 Å². The van der Waals surface area contributed by atoms with Crippen LogP contribution in [0.5, 0.6) is 0 Å². The molecule has 0 atom stereocenters. The molecule has 0 saturated carbocycles. The molecule has 1 aromatic rings. The lowest BCUT2D eigenvalue weighted by Crippen LogP contribution is -2.53. The van der Waals surface area contributed by atoms with E-state index in [2.05, 4.69) is 17.4 Å². The number of aliphatic hydroxyl groups is 1. The van der Waals surface area contributed by atoms with Gasteiger partial charge in [-0.2, -0.15) is 11.8 Å². The average molecular weight is 305 g/mol. The van der Waals surface area contributed by atoms with Gasteiger partial charge in [-0.3, -0.25) is 4.79 Å². The van der Waals surface area contributed by atoms with Gasteiger partial charge in [0.05, 0.1) is 12.1 Å². The van der Waals surface area contributed by atoms with Crippen LogP contribution in [0.4, 0.5) is 0 Å². The number of carbonyl (C=O) groups is 1. The predicted octanol–water partition coefficient (Wildman–Crippen LogP) is 2.55. The van der Waals surface area contributed by atoms with E-state index in [1.165, 1.54) is 5.56 Å². The maximum Gasteiger partial charge on any atom is 0.224 e. The van der Waals surface area contributed by atoms with Gasteiger partial charge in [-0.05, 0) is 36.3 Å². The van der Waals surface area contributed by atoms with Crippen molar-refractivity contribution in [1.82, 2.24) is 5.32 Å². The van der Waals surface area contributed by atoms with Crippen molar-refractivity contribution in [2.45, 2.75) is 31.2 Å². The summed E-state index contributed by atoms with van der Waals surface area (Å²) in [6.45, 7) is 0.0348. The van der Waals surface area contributed by atoms with Gasteiger partial charge in [0.15, 0.2) is 0 Å². The van der Waals surface area contributed by atoms with Crippen LogP contribution >= 0.6 is 11.8 Å². The Kier molecular flexibility index (Phi) is 6.33. The third kappa shape index (κ3) is 5.21. The van der Waals surface area contributed by atoms with E-state index in [1.807, 2.05) is 42.1 Å². The van der Waals surface area contributed by atoms with Crippen LogP contribution in [0.25, 0.3) is 0 Å². The van der Waals surface area contributed by atoms with Crippen molar-refractivity contribution in [1.29, 1.82) is 0 Å². The molecule has 0 aliphatic carbocycles. The van der Waals surface area contributed by atoms with Crippen LogP contribution in [0.15, 0.2) is 42.5 Å². The van der Waals surface area contributed by atoms with Crippen molar-refractivity contribution in [2.75, 3.05) is 18.1 Å². The van der Waals surface area contributed by atoms with Crippen molar-refractivity contribution in [3.63, 3.8) is 0 Å². The molecular formula is C17H23NO2S. The van der Waals surface area contributed by atoms with E-state index >= 15 is 0 Å². The molecule has 1 aliphatic rings. The first-order chi connectivity index (χ1) is 10.2. The van der Waals surface area contributed by atoms with Crippen molar-refractivity contribution < 1.29 is 9.90 Å². The lowest BCUT2D eigenvalue weighted by atomic mass is 9.93. The number of aliphatic hydroxyl groups excluding tert-OH is 1. The second-order valence-corrected chi connectivity index (χ2v) is 6.69. The number of hydrogen-bond donors (Lipinski definition) is 2. The van der Waals surface area contributed by atoms with Gasteiger partial charge in [0.1, 0.15) is 0 Å². The number of rotatable bonds is 6. The molecule has 1 heterocycles. The highest BCUT2D eigenvalue weighted by Crippen LogP contribution is 2.26. The highest BCUT2D eigenvalue weighted by Gasteiger charge is 2.32. The van der Waals surface area contributed by atoms with Crippen LogP contribution in [-0.4, -0.2) is 34.7 Å². The summed E-state index contributed by atoms with van der Waals surface area (Å²) in [5, 5.41) is 12.6. The second-order valence-electron chi connectivity index (χ2n) is 5.46. The molecule has 1 aromatic carbocycles. The Morgan fingerprint density at radius 2 is 1.95 bits per heavy atom. The molecular weight excluding hydrogens is 282 g/mol. The first-order valence-corrected chi connectivity index (χ1v) is 8.58. The fourth-order valence-electron chi connectivity index (χ4n) is 2.46. The van der Waals surface area contributed by atoms with Gasteiger partial charge in [0.2, 0.25) is 5.91 Å². The minimum atomic E-state index is -0.393. The molecule has 2 N–H and O–H groups in total. The topological polar surface area (TPSA) is 49.3 Å². The molecule has 1 fully saturated rings. The molecule has 3 nitrogen and oxygen atoms in total. The summed E-state index contributed by atoms with van der Waals surface area (Å²) < 4.78 is 0. The van der Waals surface area contributed by atoms with E-state index in [0.29, 0.717) is 6.42 Å². The fraction of sp³-hybridized carbons (Fsp3) is 0.471. The van der Waals surface area contributed by atoms with Crippen LogP contribution in [0.3, 0.4) is 0 Å². The Balaban J connectivity index is 1.76. The maximum atomic E-state index is 12.0. The Labute approximate surface area is 130 Å². The summed E-state index contributed by atoms with van der Waals surface area (Å²) in [7, 11) is 0. The summed E-state index contributed by atoms with van der Waals surface area (Å²) >= 11 is 1.88. The molecule has 0 aromatic heterocycles. The van der Waals surface area contributed by atoms with Crippen molar-refractivity contribution in [2.24, 2.45) is 0 Å². The van der Waals surface area contributed by atoms with E-state index in [1.54, 1.807) is 0 Å². The molecule has 2 rings (SSSR count). The number of nitrogens with one attached hydrogen (secondary N) is 1. The zero-order valence-electron chi connectivity index (χ0n) is 12.3. The zero-order valence-corrected chi connectivity index (χ0v) is 13.1. The van der Waals surface area contributed by atoms with E-state index in [4.69, 9.17) is 0 Å². The van der Waals surface area contributed by atoms with Gasteiger partial charge in [-0.1, -0.05) is 42.5 Å².